The van der Waals surface area contributed by atoms with Gasteiger partial charge in [0.15, 0.2) is 5.75 Å². The van der Waals surface area contributed by atoms with Crippen molar-refractivity contribution in [3.8, 4) is 5.75 Å². The van der Waals surface area contributed by atoms with Gasteiger partial charge in [-0.05, 0) is 63.2 Å². The number of likely N-dealkylation sites (tertiary alicyclic amines) is 2. The average Bonchev–Trinajstić information content (AvgIpc) is 2.88. The number of nitro benzene ring substituents is 1. The van der Waals surface area contributed by atoms with E-state index < -0.39 is 4.92 Å². The van der Waals surface area contributed by atoms with Gasteiger partial charge >= 0.3 is 5.69 Å². The number of nitrogens with zero attached hydrogens (tertiary/aromatic N) is 3. The number of carbonyl (C=O) groups is 1. The Labute approximate surface area is 207 Å². The van der Waals surface area contributed by atoms with Crippen LogP contribution in [0, 0.1) is 17.0 Å². The first-order valence-corrected chi connectivity index (χ1v) is 12.6. The van der Waals surface area contributed by atoms with E-state index in [0.717, 1.165) is 64.1 Å². The second-order valence-corrected chi connectivity index (χ2v) is 9.72. The molecule has 2 saturated heterocycles. The van der Waals surface area contributed by atoms with Crippen molar-refractivity contribution >= 4 is 17.3 Å². The Hall–Kier alpha value is -3.13. The normalized spacial score (nSPS) is 17.8. The van der Waals surface area contributed by atoms with Crippen LogP contribution in [0.15, 0.2) is 42.5 Å². The van der Waals surface area contributed by atoms with E-state index in [-0.39, 0.29) is 23.4 Å². The maximum atomic E-state index is 12.8. The highest BCUT2D eigenvalue weighted by Crippen LogP contribution is 2.31. The van der Waals surface area contributed by atoms with Gasteiger partial charge in [0.25, 0.3) is 0 Å². The number of nitrogens with one attached hydrogen (secondary N) is 1. The number of ether oxygens (including phenoxy) is 1. The molecular formula is C27H36N4O4. The summed E-state index contributed by atoms with van der Waals surface area (Å²) in [6.07, 6.45) is 4.59. The molecule has 2 aromatic rings. The molecule has 1 N–H and O–H groups in total. The fraction of sp³-hybridized carbons (Fsp3) is 0.519. The van der Waals surface area contributed by atoms with Crippen LogP contribution in [-0.2, 0) is 4.79 Å². The van der Waals surface area contributed by atoms with E-state index in [1.807, 2.05) is 4.90 Å². The van der Waals surface area contributed by atoms with Crippen molar-refractivity contribution < 1.29 is 14.5 Å². The molecule has 0 bridgehead atoms. The van der Waals surface area contributed by atoms with E-state index in [0.29, 0.717) is 12.3 Å². The van der Waals surface area contributed by atoms with Gasteiger partial charge in [-0.3, -0.25) is 14.9 Å². The molecule has 0 spiro atoms. The number of piperidine rings is 2. The molecule has 0 saturated carbocycles. The standard InChI is InChI=1S/C27H36N4O4/c1-20-3-5-21(6-4-20)22-9-14-29(15-10-22)16-13-27(32)30-17-11-23(12-18-30)28-24-7-8-25(31(33)34)26(19-24)35-2/h3-8,19,22-23,28H,9-18H2,1-2H3. The van der Waals surface area contributed by atoms with E-state index in [2.05, 4.69) is 41.4 Å². The highest BCUT2D eigenvalue weighted by atomic mass is 16.6. The average molecular weight is 481 g/mol. The maximum absolute atomic E-state index is 12.8. The van der Waals surface area contributed by atoms with E-state index >= 15 is 0 Å². The van der Waals surface area contributed by atoms with E-state index in [1.54, 1.807) is 12.1 Å². The quantitative estimate of drug-likeness (QED) is 0.439. The number of amides is 1. The summed E-state index contributed by atoms with van der Waals surface area (Å²) in [5, 5.41) is 14.5. The first-order chi connectivity index (χ1) is 16.9. The van der Waals surface area contributed by atoms with E-state index in [1.165, 1.54) is 24.3 Å². The lowest BCUT2D eigenvalue weighted by Crippen LogP contribution is -2.43. The minimum Gasteiger partial charge on any atom is -0.490 e. The van der Waals surface area contributed by atoms with Gasteiger partial charge in [0.1, 0.15) is 0 Å². The number of carbonyl (C=O) groups excluding carboxylic acids is 1. The molecule has 4 rings (SSSR count). The molecule has 2 fully saturated rings. The van der Waals surface area contributed by atoms with Crippen LogP contribution in [0.5, 0.6) is 5.75 Å². The summed E-state index contributed by atoms with van der Waals surface area (Å²) in [4.78, 5) is 27.9. The second-order valence-electron chi connectivity index (χ2n) is 9.72. The first-order valence-electron chi connectivity index (χ1n) is 12.6. The fourth-order valence-corrected chi connectivity index (χ4v) is 5.17. The molecule has 2 aromatic carbocycles. The van der Waals surface area contributed by atoms with Crippen molar-refractivity contribution in [2.75, 3.05) is 45.2 Å². The zero-order valence-electron chi connectivity index (χ0n) is 20.7. The summed E-state index contributed by atoms with van der Waals surface area (Å²) in [5.41, 5.74) is 3.50. The molecule has 2 heterocycles. The Balaban J connectivity index is 1.17. The molecule has 188 valence electrons. The second kappa shape index (κ2) is 11.5. The van der Waals surface area contributed by atoms with Crippen LogP contribution in [-0.4, -0.2) is 66.5 Å². The maximum Gasteiger partial charge on any atom is 0.311 e. The van der Waals surface area contributed by atoms with Gasteiger partial charge in [-0.2, -0.15) is 0 Å². The summed E-state index contributed by atoms with van der Waals surface area (Å²) in [5.74, 6) is 1.11. The summed E-state index contributed by atoms with van der Waals surface area (Å²) >= 11 is 0. The summed E-state index contributed by atoms with van der Waals surface area (Å²) < 4.78 is 5.16. The van der Waals surface area contributed by atoms with Gasteiger partial charge < -0.3 is 19.9 Å². The number of hydrogen-bond acceptors (Lipinski definition) is 6. The molecule has 2 aliphatic heterocycles. The lowest BCUT2D eigenvalue weighted by molar-refractivity contribution is -0.385. The van der Waals surface area contributed by atoms with Gasteiger partial charge in [0, 0.05) is 49.9 Å². The minimum atomic E-state index is -0.445. The van der Waals surface area contributed by atoms with Crippen LogP contribution in [0.4, 0.5) is 11.4 Å². The molecule has 8 nitrogen and oxygen atoms in total. The Morgan fingerprint density at radius 3 is 2.37 bits per heavy atom. The number of aryl methyl sites for hydroxylation is 1. The monoisotopic (exact) mass is 480 g/mol. The number of methoxy groups -OCH3 is 1. The third kappa shape index (κ3) is 6.51. The Morgan fingerprint density at radius 2 is 1.74 bits per heavy atom. The number of benzene rings is 2. The van der Waals surface area contributed by atoms with E-state index in [9.17, 15) is 14.9 Å². The first kappa shape index (κ1) is 25.0. The number of anilines is 1. The zero-order chi connectivity index (χ0) is 24.8. The molecule has 0 aromatic heterocycles. The third-order valence-electron chi connectivity index (χ3n) is 7.37. The van der Waals surface area contributed by atoms with Crippen molar-refractivity contribution in [2.24, 2.45) is 0 Å². The van der Waals surface area contributed by atoms with Crippen molar-refractivity contribution in [1.82, 2.24) is 9.80 Å². The molecule has 2 aliphatic rings. The predicted octanol–water partition coefficient (Wildman–Crippen LogP) is 4.58. The zero-order valence-corrected chi connectivity index (χ0v) is 20.7. The number of rotatable bonds is 8. The predicted molar refractivity (Wildman–Crippen MR) is 137 cm³/mol. The molecule has 0 unspecified atom stereocenters. The van der Waals surface area contributed by atoms with Gasteiger partial charge in [-0.1, -0.05) is 29.8 Å². The lowest BCUT2D eigenvalue weighted by atomic mass is 9.89. The van der Waals surface area contributed by atoms with Crippen LogP contribution in [0.2, 0.25) is 0 Å². The molecule has 0 atom stereocenters. The summed E-state index contributed by atoms with van der Waals surface area (Å²) in [7, 11) is 1.43. The van der Waals surface area contributed by atoms with Crippen LogP contribution in [0.25, 0.3) is 0 Å². The summed E-state index contributed by atoms with van der Waals surface area (Å²) in [6, 6.07) is 14.0. The molecular weight excluding hydrogens is 444 g/mol. The molecule has 0 aliphatic carbocycles. The molecule has 35 heavy (non-hydrogen) atoms. The highest BCUT2D eigenvalue weighted by molar-refractivity contribution is 5.76. The largest absolute Gasteiger partial charge is 0.490 e. The van der Waals surface area contributed by atoms with Crippen molar-refractivity contribution in [1.29, 1.82) is 0 Å². The van der Waals surface area contributed by atoms with Crippen molar-refractivity contribution in [2.45, 2.75) is 51.0 Å². The highest BCUT2D eigenvalue weighted by Gasteiger charge is 2.25. The SMILES string of the molecule is COc1cc(NC2CCN(C(=O)CCN3CCC(c4ccc(C)cc4)CC3)CC2)ccc1[N+](=O)[O-]. The number of nitro groups is 1. The number of hydrogen-bond donors (Lipinski definition) is 1. The molecule has 8 heteroatoms. The van der Waals surface area contributed by atoms with Gasteiger partial charge in [-0.25, -0.2) is 0 Å². The van der Waals surface area contributed by atoms with Crippen LogP contribution < -0.4 is 10.1 Å². The third-order valence-corrected chi connectivity index (χ3v) is 7.37. The smallest absolute Gasteiger partial charge is 0.311 e. The minimum absolute atomic E-state index is 0.0437. The van der Waals surface area contributed by atoms with Crippen LogP contribution >= 0.6 is 0 Å². The van der Waals surface area contributed by atoms with Crippen molar-refractivity contribution in [3.63, 3.8) is 0 Å². The Kier molecular flexibility index (Phi) is 8.23. The van der Waals surface area contributed by atoms with Crippen LogP contribution in [0.1, 0.15) is 49.1 Å². The fourth-order valence-electron chi connectivity index (χ4n) is 5.17. The Morgan fingerprint density at radius 1 is 1.06 bits per heavy atom. The van der Waals surface area contributed by atoms with Gasteiger partial charge in [0.2, 0.25) is 5.91 Å². The van der Waals surface area contributed by atoms with Gasteiger partial charge in [0.05, 0.1) is 12.0 Å². The van der Waals surface area contributed by atoms with Crippen LogP contribution in [0.3, 0.4) is 0 Å². The Bertz CT molecular complexity index is 1010. The van der Waals surface area contributed by atoms with E-state index in [4.69, 9.17) is 4.74 Å². The molecule has 1 amide bonds. The molecule has 0 radical (unpaired) electrons. The van der Waals surface area contributed by atoms with Gasteiger partial charge in [-0.15, -0.1) is 0 Å². The summed E-state index contributed by atoms with van der Waals surface area (Å²) in [6.45, 7) is 6.53. The lowest BCUT2D eigenvalue weighted by Gasteiger charge is -2.35. The van der Waals surface area contributed by atoms with Crippen molar-refractivity contribution in [3.05, 3.63) is 63.7 Å². The topological polar surface area (TPSA) is 88.0 Å².